The van der Waals surface area contributed by atoms with Crippen LogP contribution < -0.4 is 5.32 Å². The molecule has 178 valence electrons. The van der Waals surface area contributed by atoms with Gasteiger partial charge in [0.2, 0.25) is 11.8 Å². The number of carbonyl (C=O) groups excluding carboxylic acids is 2. The number of benzene rings is 2. The summed E-state index contributed by atoms with van der Waals surface area (Å²) in [4.78, 5) is 30.2. The fourth-order valence-electron chi connectivity index (χ4n) is 3.33. The van der Waals surface area contributed by atoms with Gasteiger partial charge in [0.15, 0.2) is 0 Å². The minimum Gasteiger partial charge on any atom is -0.331 e. The van der Waals surface area contributed by atoms with Crippen LogP contribution in [-0.2, 0) is 22.3 Å². The van der Waals surface area contributed by atoms with Crippen LogP contribution in [0.1, 0.15) is 36.6 Å². The molecule has 1 heterocycles. The van der Waals surface area contributed by atoms with Gasteiger partial charge in [0.05, 0.1) is 22.4 Å². The van der Waals surface area contributed by atoms with Crippen LogP contribution in [0.2, 0.25) is 0 Å². The number of amides is 2. The van der Waals surface area contributed by atoms with Gasteiger partial charge in [-0.2, -0.15) is 13.2 Å². The van der Waals surface area contributed by atoms with Crippen LogP contribution in [-0.4, -0.2) is 27.5 Å². The largest absolute Gasteiger partial charge is 0.417 e. The Bertz CT molecular complexity index is 1120. The Labute approximate surface area is 200 Å². The van der Waals surface area contributed by atoms with Crippen molar-refractivity contribution in [2.45, 2.75) is 37.6 Å². The number of nitrogens with one attached hydrogen (secondary N) is 1. The zero-order valence-corrected chi connectivity index (χ0v) is 19.5. The Hall–Kier alpha value is -3.33. The molecule has 5 nitrogen and oxygen atoms in total. The topological polar surface area (TPSA) is 62.3 Å². The third-order valence-corrected chi connectivity index (χ3v) is 6.01. The molecular weight excluding hydrogens is 463 g/mol. The molecule has 0 radical (unpaired) electrons. The molecule has 0 saturated carbocycles. The molecule has 34 heavy (non-hydrogen) atoms. The van der Waals surface area contributed by atoms with Gasteiger partial charge in [0.25, 0.3) is 0 Å². The average Bonchev–Trinajstić information content (AvgIpc) is 2.80. The highest BCUT2D eigenvalue weighted by molar-refractivity contribution is 7.99. The van der Waals surface area contributed by atoms with Gasteiger partial charge in [-0.3, -0.25) is 9.59 Å². The number of hydrogen-bond acceptors (Lipinski definition) is 4. The van der Waals surface area contributed by atoms with Crippen LogP contribution in [0.15, 0.2) is 78.0 Å². The second kappa shape index (κ2) is 11.2. The number of halogens is 3. The van der Waals surface area contributed by atoms with E-state index in [1.165, 1.54) is 13.0 Å². The summed E-state index contributed by atoms with van der Waals surface area (Å²) in [7, 11) is 0. The average molecular weight is 488 g/mol. The fraction of sp³-hybridized carbons (Fsp3) is 0.240. The van der Waals surface area contributed by atoms with Crippen molar-refractivity contribution in [3.05, 3.63) is 89.6 Å². The molecule has 0 fully saturated rings. The van der Waals surface area contributed by atoms with Gasteiger partial charge < -0.3 is 10.2 Å². The third kappa shape index (κ3) is 7.08. The third-order valence-electron chi connectivity index (χ3n) is 5.08. The van der Waals surface area contributed by atoms with E-state index in [0.717, 1.165) is 35.2 Å². The van der Waals surface area contributed by atoms with Crippen molar-refractivity contribution in [3.8, 4) is 0 Å². The molecule has 1 aromatic heterocycles. The summed E-state index contributed by atoms with van der Waals surface area (Å²) >= 11 is 1.08. The first kappa shape index (κ1) is 25.3. The monoisotopic (exact) mass is 487 g/mol. The second-order valence-corrected chi connectivity index (χ2v) is 8.66. The summed E-state index contributed by atoms with van der Waals surface area (Å²) in [5.41, 5.74) is 1.58. The molecule has 0 aliphatic heterocycles. The zero-order valence-electron chi connectivity index (χ0n) is 18.7. The first-order valence-corrected chi connectivity index (χ1v) is 11.5. The molecule has 2 amide bonds. The van der Waals surface area contributed by atoms with E-state index in [9.17, 15) is 22.8 Å². The number of thioether (sulfide) groups is 1. The lowest BCUT2D eigenvalue weighted by molar-refractivity contribution is -0.138. The Morgan fingerprint density at radius 3 is 2.41 bits per heavy atom. The van der Waals surface area contributed by atoms with Crippen LogP contribution >= 0.6 is 11.8 Å². The summed E-state index contributed by atoms with van der Waals surface area (Å²) in [6, 6.07) is 18.7. The van der Waals surface area contributed by atoms with E-state index < -0.39 is 11.7 Å². The van der Waals surface area contributed by atoms with Gasteiger partial charge in [0.1, 0.15) is 0 Å². The van der Waals surface area contributed by atoms with Crippen molar-refractivity contribution in [3.63, 3.8) is 0 Å². The van der Waals surface area contributed by atoms with Crippen molar-refractivity contribution < 1.29 is 22.8 Å². The Morgan fingerprint density at radius 2 is 1.79 bits per heavy atom. The van der Waals surface area contributed by atoms with Crippen LogP contribution in [0.5, 0.6) is 0 Å². The number of aromatic nitrogens is 1. The maximum absolute atomic E-state index is 13.3. The van der Waals surface area contributed by atoms with Crippen LogP contribution in [0.3, 0.4) is 0 Å². The molecular formula is C25H24F3N3O2S. The summed E-state index contributed by atoms with van der Waals surface area (Å²) < 4.78 is 38.3. The van der Waals surface area contributed by atoms with Crippen molar-refractivity contribution >= 4 is 29.3 Å². The maximum Gasteiger partial charge on any atom is 0.417 e. The van der Waals surface area contributed by atoms with Gasteiger partial charge >= 0.3 is 6.18 Å². The highest BCUT2D eigenvalue weighted by Crippen LogP contribution is 2.30. The number of nitrogens with zero attached hydrogens (tertiary/aromatic N) is 2. The number of anilines is 1. The lowest BCUT2D eigenvalue weighted by Gasteiger charge is -2.30. The highest BCUT2D eigenvalue weighted by Gasteiger charge is 2.30. The van der Waals surface area contributed by atoms with E-state index in [2.05, 4.69) is 10.3 Å². The summed E-state index contributed by atoms with van der Waals surface area (Å²) in [5, 5.41) is 3.08. The lowest BCUT2D eigenvalue weighted by atomic mass is 10.0. The number of rotatable bonds is 8. The van der Waals surface area contributed by atoms with Crippen molar-refractivity contribution in [1.29, 1.82) is 0 Å². The molecule has 0 aliphatic rings. The summed E-state index contributed by atoms with van der Waals surface area (Å²) in [6.45, 7) is 3.68. The molecule has 3 rings (SSSR count). The highest BCUT2D eigenvalue weighted by atomic mass is 32.2. The summed E-state index contributed by atoms with van der Waals surface area (Å²) in [6.07, 6.45) is -3.69. The molecule has 0 bridgehead atoms. The van der Waals surface area contributed by atoms with Gasteiger partial charge in [0, 0.05) is 25.4 Å². The first-order chi connectivity index (χ1) is 16.1. The molecule has 1 atom stereocenters. The van der Waals surface area contributed by atoms with Gasteiger partial charge in [-0.25, -0.2) is 4.98 Å². The van der Waals surface area contributed by atoms with Crippen LogP contribution in [0.25, 0.3) is 0 Å². The summed E-state index contributed by atoms with van der Waals surface area (Å²) in [5.74, 6) is -0.364. The Morgan fingerprint density at radius 1 is 1.06 bits per heavy atom. The lowest BCUT2D eigenvalue weighted by Crippen LogP contribution is -2.34. The van der Waals surface area contributed by atoms with E-state index >= 15 is 0 Å². The van der Waals surface area contributed by atoms with Gasteiger partial charge in [-0.1, -0.05) is 54.2 Å². The quantitative estimate of drug-likeness (QED) is 0.400. The van der Waals surface area contributed by atoms with Gasteiger partial charge in [-0.15, -0.1) is 0 Å². The van der Waals surface area contributed by atoms with E-state index in [4.69, 9.17) is 0 Å². The predicted molar refractivity (Wildman–Crippen MR) is 126 cm³/mol. The number of hydrogen-bond donors (Lipinski definition) is 1. The number of carbonyl (C=O) groups is 2. The van der Waals surface area contributed by atoms with Crippen molar-refractivity contribution in [1.82, 2.24) is 9.88 Å². The number of pyridine rings is 1. The van der Waals surface area contributed by atoms with Crippen LogP contribution in [0.4, 0.5) is 18.9 Å². The molecule has 3 aromatic rings. The van der Waals surface area contributed by atoms with E-state index in [1.807, 2.05) is 55.5 Å². The molecule has 9 heteroatoms. The minimum absolute atomic E-state index is 0.0148. The number of alkyl halides is 3. The Kier molecular flexibility index (Phi) is 8.33. The molecule has 0 spiro atoms. The maximum atomic E-state index is 13.3. The second-order valence-electron chi connectivity index (χ2n) is 7.66. The van der Waals surface area contributed by atoms with Crippen molar-refractivity contribution in [2.24, 2.45) is 0 Å². The first-order valence-electron chi connectivity index (χ1n) is 10.5. The SMILES string of the molecule is CC(=O)Nc1cccc(C(C)N(Cc2ccccc2)C(=O)CSc2ccc(C(F)(F)F)cn2)c1. The van der Waals surface area contributed by atoms with Crippen molar-refractivity contribution in [2.75, 3.05) is 11.1 Å². The molecule has 0 aliphatic carbocycles. The zero-order chi connectivity index (χ0) is 24.7. The molecule has 1 N–H and O–H groups in total. The predicted octanol–water partition coefficient (Wildman–Crippen LogP) is 5.94. The molecule has 2 aromatic carbocycles. The van der Waals surface area contributed by atoms with E-state index in [0.29, 0.717) is 17.3 Å². The molecule has 0 saturated heterocycles. The van der Waals surface area contributed by atoms with Crippen LogP contribution in [0, 0.1) is 0 Å². The van der Waals surface area contributed by atoms with Gasteiger partial charge in [-0.05, 0) is 42.3 Å². The molecule has 1 unspecified atom stereocenters. The Balaban J connectivity index is 1.78. The fourth-order valence-corrected chi connectivity index (χ4v) is 4.06. The minimum atomic E-state index is -4.46. The smallest absolute Gasteiger partial charge is 0.331 e. The standard InChI is InChI=1S/C25H24F3N3O2S/c1-17(20-9-6-10-22(13-20)30-18(2)32)31(15-19-7-4-3-5-8-19)24(33)16-34-23-12-11-21(14-29-23)25(26,27)28/h3-14,17H,15-16H2,1-2H3,(H,30,32). The van der Waals surface area contributed by atoms with E-state index in [1.54, 1.807) is 11.0 Å². The normalized spacial score (nSPS) is 12.1. The van der Waals surface area contributed by atoms with E-state index in [-0.39, 0.29) is 23.6 Å².